The van der Waals surface area contributed by atoms with Crippen LogP contribution in [0.1, 0.15) is 10.4 Å². The lowest BCUT2D eigenvalue weighted by Crippen LogP contribution is -2.13. The van der Waals surface area contributed by atoms with Gasteiger partial charge in [0.2, 0.25) is 0 Å². The molecule has 2 aromatic rings. The van der Waals surface area contributed by atoms with Gasteiger partial charge in [-0.1, -0.05) is 23.7 Å². The monoisotopic (exact) mass is 330 g/mol. The second kappa shape index (κ2) is 6.01. The lowest BCUT2D eigenvalue weighted by atomic mass is 10.1. The van der Waals surface area contributed by atoms with Gasteiger partial charge in [-0.15, -0.1) is 11.3 Å². The Morgan fingerprint density at radius 2 is 2.12 bits per heavy atom. The first-order valence-electron chi connectivity index (χ1n) is 5.29. The Hall–Kier alpha value is -0.350. The maximum absolute atomic E-state index is 10.0. The molecule has 1 N–H and O–H groups in total. The van der Waals surface area contributed by atoms with Crippen LogP contribution in [0.15, 0.2) is 40.2 Å². The summed E-state index contributed by atoms with van der Waals surface area (Å²) in [4.78, 5) is 1.18. The predicted octanol–water partition coefficient (Wildman–Crippen LogP) is 4.31. The molecular weight excluding hydrogens is 320 g/mol. The third kappa shape index (κ3) is 3.81. The molecule has 0 radical (unpaired) electrons. The van der Waals surface area contributed by atoms with E-state index in [0.29, 0.717) is 17.9 Å². The zero-order valence-electron chi connectivity index (χ0n) is 9.07. The van der Waals surface area contributed by atoms with E-state index in [1.54, 1.807) is 11.3 Å². The summed E-state index contributed by atoms with van der Waals surface area (Å²) < 4.78 is 1.08. The van der Waals surface area contributed by atoms with Gasteiger partial charge < -0.3 is 5.11 Å². The maximum Gasteiger partial charge on any atom is 0.0629 e. The first kappa shape index (κ1) is 13.1. The first-order chi connectivity index (χ1) is 8.15. The smallest absolute Gasteiger partial charge is 0.0629 e. The third-order valence-corrected chi connectivity index (χ3v) is 4.66. The quantitative estimate of drug-likeness (QED) is 0.885. The van der Waals surface area contributed by atoms with Crippen LogP contribution in [-0.4, -0.2) is 11.2 Å². The highest BCUT2D eigenvalue weighted by Crippen LogP contribution is 2.24. The van der Waals surface area contributed by atoms with Crippen molar-refractivity contribution in [3.63, 3.8) is 0 Å². The molecule has 90 valence electrons. The van der Waals surface area contributed by atoms with Crippen molar-refractivity contribution in [1.82, 2.24) is 0 Å². The minimum Gasteiger partial charge on any atom is -0.392 e. The molecule has 1 aromatic carbocycles. The molecule has 0 fully saturated rings. The summed E-state index contributed by atoms with van der Waals surface area (Å²) in [6, 6.07) is 9.64. The number of thiophene rings is 1. The van der Waals surface area contributed by atoms with Crippen LogP contribution >= 0.6 is 38.9 Å². The largest absolute Gasteiger partial charge is 0.392 e. The summed E-state index contributed by atoms with van der Waals surface area (Å²) in [7, 11) is 0. The molecule has 17 heavy (non-hydrogen) atoms. The number of benzene rings is 1. The lowest BCUT2D eigenvalue weighted by molar-refractivity contribution is 0.176. The highest BCUT2D eigenvalue weighted by molar-refractivity contribution is 9.10. The molecule has 0 spiro atoms. The average molecular weight is 332 g/mol. The van der Waals surface area contributed by atoms with E-state index >= 15 is 0 Å². The van der Waals surface area contributed by atoms with Crippen LogP contribution in [0.2, 0.25) is 5.02 Å². The maximum atomic E-state index is 10.0. The highest BCUT2D eigenvalue weighted by atomic mass is 79.9. The summed E-state index contributed by atoms with van der Waals surface area (Å²) >= 11 is 11.0. The van der Waals surface area contributed by atoms with E-state index in [2.05, 4.69) is 15.9 Å². The Morgan fingerprint density at radius 3 is 2.76 bits per heavy atom. The van der Waals surface area contributed by atoms with Gasteiger partial charge >= 0.3 is 0 Å². The van der Waals surface area contributed by atoms with E-state index in [1.165, 1.54) is 4.88 Å². The summed E-state index contributed by atoms with van der Waals surface area (Å²) in [5.41, 5.74) is 1.07. The van der Waals surface area contributed by atoms with Gasteiger partial charge in [-0.05, 0) is 51.5 Å². The molecule has 1 heterocycles. The van der Waals surface area contributed by atoms with Crippen molar-refractivity contribution in [2.24, 2.45) is 0 Å². The van der Waals surface area contributed by atoms with Gasteiger partial charge in [-0.25, -0.2) is 0 Å². The number of rotatable bonds is 4. The molecule has 1 unspecified atom stereocenters. The average Bonchev–Trinajstić information content (AvgIpc) is 2.64. The highest BCUT2D eigenvalue weighted by Gasteiger charge is 2.10. The van der Waals surface area contributed by atoms with Crippen molar-refractivity contribution in [2.45, 2.75) is 18.9 Å². The normalized spacial score (nSPS) is 12.6. The third-order valence-electron chi connectivity index (χ3n) is 2.47. The number of hydrogen-bond donors (Lipinski definition) is 1. The van der Waals surface area contributed by atoms with E-state index in [4.69, 9.17) is 11.6 Å². The minimum atomic E-state index is -0.372. The fourth-order valence-corrected chi connectivity index (χ4v) is 3.49. The van der Waals surface area contributed by atoms with Crippen LogP contribution in [0.5, 0.6) is 0 Å². The zero-order valence-corrected chi connectivity index (χ0v) is 12.2. The van der Waals surface area contributed by atoms with Gasteiger partial charge in [0.25, 0.3) is 0 Å². The van der Waals surface area contributed by atoms with Gasteiger partial charge in [0, 0.05) is 20.8 Å². The number of halogens is 2. The molecule has 0 bridgehead atoms. The molecule has 0 saturated carbocycles. The second-order valence-electron chi connectivity index (χ2n) is 3.88. The summed E-state index contributed by atoms with van der Waals surface area (Å²) in [6.07, 6.45) is 0.929. The van der Waals surface area contributed by atoms with E-state index < -0.39 is 0 Å². The summed E-state index contributed by atoms with van der Waals surface area (Å²) in [5.74, 6) is 0. The van der Waals surface area contributed by atoms with Crippen LogP contribution in [-0.2, 0) is 12.8 Å². The molecule has 0 amide bonds. The lowest BCUT2D eigenvalue weighted by Gasteiger charge is -2.10. The molecular formula is C13H12BrClOS. The van der Waals surface area contributed by atoms with Crippen LogP contribution in [0.3, 0.4) is 0 Å². The Balaban J connectivity index is 1.98. The Morgan fingerprint density at radius 1 is 1.29 bits per heavy atom. The molecule has 0 aliphatic rings. The van der Waals surface area contributed by atoms with Crippen LogP contribution in [0.4, 0.5) is 0 Å². The molecule has 0 aliphatic carbocycles. The van der Waals surface area contributed by atoms with Crippen molar-refractivity contribution in [3.8, 4) is 0 Å². The molecule has 1 aromatic heterocycles. The molecule has 0 aliphatic heterocycles. The van der Waals surface area contributed by atoms with Crippen molar-refractivity contribution in [2.75, 3.05) is 0 Å². The topological polar surface area (TPSA) is 20.2 Å². The Kier molecular flexibility index (Phi) is 4.62. The molecule has 1 nitrogen and oxygen atoms in total. The van der Waals surface area contributed by atoms with E-state index in [0.717, 1.165) is 10.0 Å². The first-order valence-corrected chi connectivity index (χ1v) is 7.34. The molecule has 0 saturated heterocycles. The Labute approximate surface area is 118 Å². The van der Waals surface area contributed by atoms with Gasteiger partial charge in [0.1, 0.15) is 0 Å². The van der Waals surface area contributed by atoms with E-state index in [-0.39, 0.29) is 6.10 Å². The fourth-order valence-electron chi connectivity index (χ4n) is 1.69. The van der Waals surface area contributed by atoms with E-state index in [1.807, 2.05) is 35.7 Å². The van der Waals surface area contributed by atoms with Gasteiger partial charge in [-0.2, -0.15) is 0 Å². The standard InChI is InChI=1S/C13H12BrClOS/c14-12-4-5-17-13(12)8-11(16)7-9-2-1-3-10(15)6-9/h1-6,11,16H,7-8H2. The van der Waals surface area contributed by atoms with Crippen molar-refractivity contribution < 1.29 is 5.11 Å². The zero-order chi connectivity index (χ0) is 12.3. The molecule has 2 rings (SSSR count). The predicted molar refractivity (Wildman–Crippen MR) is 76.9 cm³/mol. The van der Waals surface area contributed by atoms with Crippen LogP contribution < -0.4 is 0 Å². The van der Waals surface area contributed by atoms with Crippen molar-refractivity contribution >= 4 is 38.9 Å². The second-order valence-corrected chi connectivity index (χ2v) is 6.18. The minimum absolute atomic E-state index is 0.372. The molecule has 1 atom stereocenters. The number of hydrogen-bond acceptors (Lipinski definition) is 2. The fraction of sp³-hybridized carbons (Fsp3) is 0.231. The van der Waals surface area contributed by atoms with Crippen molar-refractivity contribution in [1.29, 1.82) is 0 Å². The van der Waals surface area contributed by atoms with Crippen LogP contribution in [0.25, 0.3) is 0 Å². The number of aliphatic hydroxyl groups excluding tert-OH is 1. The number of aliphatic hydroxyl groups is 1. The summed E-state index contributed by atoms with van der Waals surface area (Å²) in [5, 5.41) is 12.8. The van der Waals surface area contributed by atoms with Crippen molar-refractivity contribution in [3.05, 3.63) is 55.6 Å². The van der Waals surface area contributed by atoms with Gasteiger partial charge in [-0.3, -0.25) is 0 Å². The van der Waals surface area contributed by atoms with Gasteiger partial charge in [0.15, 0.2) is 0 Å². The Bertz CT molecular complexity index is 498. The van der Waals surface area contributed by atoms with Gasteiger partial charge in [0.05, 0.1) is 6.10 Å². The summed E-state index contributed by atoms with van der Waals surface area (Å²) in [6.45, 7) is 0. The van der Waals surface area contributed by atoms with E-state index in [9.17, 15) is 5.11 Å². The van der Waals surface area contributed by atoms with Crippen LogP contribution in [0, 0.1) is 0 Å². The molecule has 4 heteroatoms. The SMILES string of the molecule is OC(Cc1cccc(Cl)c1)Cc1sccc1Br.